The van der Waals surface area contributed by atoms with Crippen LogP contribution >= 0.6 is 11.6 Å². The Labute approximate surface area is 169 Å². The molecule has 0 radical (unpaired) electrons. The molecule has 1 saturated heterocycles. The zero-order chi connectivity index (χ0) is 17.9. The van der Waals surface area contributed by atoms with Crippen molar-refractivity contribution in [2.45, 2.75) is 13.0 Å². The Bertz CT molecular complexity index is 946. The van der Waals surface area contributed by atoms with Gasteiger partial charge >= 0.3 is 5.69 Å². The summed E-state index contributed by atoms with van der Waals surface area (Å²) in [6, 6.07) is 13.6. The predicted molar refractivity (Wildman–Crippen MR) is 104 cm³/mol. The van der Waals surface area contributed by atoms with Gasteiger partial charge in [0, 0.05) is 56.2 Å². The summed E-state index contributed by atoms with van der Waals surface area (Å²) in [6.07, 6.45) is 2.68. The maximum Gasteiger partial charge on any atom is 0.350 e. The molecule has 0 spiro atoms. The van der Waals surface area contributed by atoms with E-state index in [0.29, 0.717) is 12.2 Å². The van der Waals surface area contributed by atoms with Crippen LogP contribution in [0.2, 0.25) is 5.02 Å². The van der Waals surface area contributed by atoms with Gasteiger partial charge in [0.25, 0.3) is 0 Å². The Balaban J connectivity index is 0.00000210. The van der Waals surface area contributed by atoms with E-state index in [2.05, 4.69) is 21.0 Å². The zero-order valence-corrected chi connectivity index (χ0v) is 16.5. The lowest BCUT2D eigenvalue weighted by Crippen LogP contribution is -3.00. The Kier molecular flexibility index (Phi) is 6.42. The van der Waals surface area contributed by atoms with E-state index in [-0.39, 0.29) is 18.1 Å². The van der Waals surface area contributed by atoms with Crippen molar-refractivity contribution in [3.63, 3.8) is 0 Å². The zero-order valence-electron chi connectivity index (χ0n) is 15.0. The van der Waals surface area contributed by atoms with Gasteiger partial charge in [-0.2, -0.15) is 0 Å². The molecule has 0 unspecified atom stereocenters. The molecule has 0 aliphatic carbocycles. The molecule has 144 valence electrons. The van der Waals surface area contributed by atoms with E-state index in [1.807, 2.05) is 36.4 Å². The summed E-state index contributed by atoms with van der Waals surface area (Å²) in [4.78, 5) is 17.1. The van der Waals surface area contributed by atoms with Crippen LogP contribution in [0.3, 0.4) is 0 Å². The minimum absolute atomic E-state index is 0. The lowest BCUT2D eigenvalue weighted by molar-refractivity contribution is -0.00000529. The molecule has 1 fully saturated rings. The number of rotatable bonds is 5. The van der Waals surface area contributed by atoms with Crippen LogP contribution in [0.4, 0.5) is 5.69 Å². The second kappa shape index (κ2) is 8.78. The molecule has 1 aromatic carbocycles. The number of aromatic nitrogens is 3. The lowest BCUT2D eigenvalue weighted by Gasteiger charge is -2.36. The van der Waals surface area contributed by atoms with E-state index < -0.39 is 0 Å². The maximum atomic E-state index is 12.3. The molecule has 0 atom stereocenters. The summed E-state index contributed by atoms with van der Waals surface area (Å²) < 4.78 is 3.15. The van der Waals surface area contributed by atoms with Crippen LogP contribution in [0.25, 0.3) is 5.65 Å². The number of hydrogen-bond acceptors (Lipinski definition) is 4. The highest BCUT2D eigenvalue weighted by Crippen LogP contribution is 2.20. The van der Waals surface area contributed by atoms with E-state index in [4.69, 9.17) is 11.6 Å². The number of hydrogen-bond donors (Lipinski definition) is 0. The van der Waals surface area contributed by atoms with Crippen LogP contribution in [-0.2, 0) is 6.54 Å². The van der Waals surface area contributed by atoms with Gasteiger partial charge in [0.2, 0.25) is 0 Å². The van der Waals surface area contributed by atoms with Gasteiger partial charge in [0.05, 0.1) is 0 Å². The molecular weight excluding hydrogens is 385 g/mol. The van der Waals surface area contributed by atoms with Crippen molar-refractivity contribution in [2.24, 2.45) is 0 Å². The first kappa shape index (κ1) is 19.7. The quantitative estimate of drug-likeness (QED) is 0.565. The maximum absolute atomic E-state index is 12.3. The van der Waals surface area contributed by atoms with Crippen molar-refractivity contribution in [1.29, 1.82) is 0 Å². The average Bonchev–Trinajstić information content (AvgIpc) is 2.99. The third kappa shape index (κ3) is 4.46. The van der Waals surface area contributed by atoms with Gasteiger partial charge in [0.15, 0.2) is 5.65 Å². The minimum Gasteiger partial charge on any atom is -1.00 e. The summed E-state index contributed by atoms with van der Waals surface area (Å²) in [6.45, 7) is 5.65. The number of fused-ring (bicyclic) bond motifs is 1. The molecule has 1 aliphatic rings. The van der Waals surface area contributed by atoms with Crippen LogP contribution in [0.15, 0.2) is 53.5 Å². The topological polar surface area (TPSA) is 45.8 Å². The third-order valence-corrected chi connectivity index (χ3v) is 5.11. The molecule has 1 aliphatic heterocycles. The molecule has 0 bridgehead atoms. The Morgan fingerprint density at radius 3 is 2.56 bits per heavy atom. The summed E-state index contributed by atoms with van der Waals surface area (Å²) in [5.74, 6) is 0. The number of piperazine rings is 1. The standard InChI is InChI=1S/C19H22ClN5O.ClH/c20-16-5-3-6-17(15-16)23-13-11-22(12-14-23)8-4-10-25-19(26)24-9-2-1-7-18(24)21-25;/h1-3,5-7,9,15H,4,8,10-14H2;1H/p-1. The second-order valence-electron chi connectivity index (χ2n) is 6.60. The predicted octanol–water partition coefficient (Wildman–Crippen LogP) is -0.634. The molecule has 2 aromatic heterocycles. The molecule has 0 N–H and O–H groups in total. The van der Waals surface area contributed by atoms with Crippen LogP contribution in [0.1, 0.15) is 6.42 Å². The van der Waals surface area contributed by atoms with Gasteiger partial charge in [-0.05, 0) is 36.8 Å². The van der Waals surface area contributed by atoms with Gasteiger partial charge < -0.3 is 17.3 Å². The highest BCUT2D eigenvalue weighted by Gasteiger charge is 2.17. The molecule has 0 saturated carbocycles. The van der Waals surface area contributed by atoms with E-state index in [0.717, 1.165) is 44.2 Å². The van der Waals surface area contributed by atoms with Crippen LogP contribution in [0.5, 0.6) is 0 Å². The van der Waals surface area contributed by atoms with Crippen molar-refractivity contribution in [1.82, 2.24) is 19.1 Å². The van der Waals surface area contributed by atoms with Crippen molar-refractivity contribution < 1.29 is 12.4 Å². The summed E-state index contributed by atoms with van der Waals surface area (Å²) in [7, 11) is 0. The van der Waals surface area contributed by atoms with Gasteiger partial charge in [-0.15, -0.1) is 5.10 Å². The van der Waals surface area contributed by atoms with E-state index >= 15 is 0 Å². The highest BCUT2D eigenvalue weighted by molar-refractivity contribution is 6.30. The number of halogens is 2. The highest BCUT2D eigenvalue weighted by atomic mass is 35.5. The number of aryl methyl sites for hydroxylation is 1. The second-order valence-corrected chi connectivity index (χ2v) is 7.03. The summed E-state index contributed by atoms with van der Waals surface area (Å²) >= 11 is 6.09. The fraction of sp³-hybridized carbons (Fsp3) is 0.368. The van der Waals surface area contributed by atoms with Crippen molar-refractivity contribution in [2.75, 3.05) is 37.6 Å². The summed E-state index contributed by atoms with van der Waals surface area (Å²) in [5, 5.41) is 5.16. The molecule has 4 rings (SSSR count). The van der Waals surface area contributed by atoms with Gasteiger partial charge in [-0.1, -0.05) is 23.7 Å². The van der Waals surface area contributed by atoms with Gasteiger partial charge in [-0.3, -0.25) is 9.30 Å². The minimum atomic E-state index is -0.0635. The molecule has 3 aromatic rings. The normalized spacial score (nSPS) is 15.1. The fourth-order valence-corrected chi connectivity index (χ4v) is 3.64. The first-order chi connectivity index (χ1) is 12.7. The van der Waals surface area contributed by atoms with Crippen LogP contribution in [0, 0.1) is 0 Å². The van der Waals surface area contributed by atoms with Crippen molar-refractivity contribution in [3.8, 4) is 0 Å². The first-order valence-electron chi connectivity index (χ1n) is 8.98. The van der Waals surface area contributed by atoms with Gasteiger partial charge in [-0.25, -0.2) is 9.48 Å². The smallest absolute Gasteiger partial charge is 0.350 e. The summed E-state index contributed by atoms with van der Waals surface area (Å²) in [5.41, 5.74) is 1.83. The molecule has 8 heteroatoms. The van der Waals surface area contributed by atoms with Crippen LogP contribution in [-0.4, -0.2) is 51.8 Å². The Morgan fingerprint density at radius 1 is 1.00 bits per heavy atom. The van der Waals surface area contributed by atoms with Crippen LogP contribution < -0.4 is 23.0 Å². The number of pyridine rings is 1. The first-order valence-corrected chi connectivity index (χ1v) is 9.35. The third-order valence-electron chi connectivity index (χ3n) is 4.88. The van der Waals surface area contributed by atoms with E-state index in [1.54, 1.807) is 15.3 Å². The van der Waals surface area contributed by atoms with Crippen molar-refractivity contribution >= 4 is 22.9 Å². The van der Waals surface area contributed by atoms with Crippen molar-refractivity contribution in [3.05, 3.63) is 64.2 Å². The molecule has 27 heavy (non-hydrogen) atoms. The van der Waals surface area contributed by atoms with Gasteiger partial charge in [0.1, 0.15) is 0 Å². The molecule has 3 heterocycles. The molecule has 6 nitrogen and oxygen atoms in total. The fourth-order valence-electron chi connectivity index (χ4n) is 3.46. The van der Waals surface area contributed by atoms with E-state index in [1.165, 1.54) is 5.69 Å². The SMILES string of the molecule is O=c1n(CCCN2CCN(c3cccc(Cl)c3)CC2)nc2ccccn12.[Cl-]. The number of benzene rings is 1. The molecule has 0 amide bonds. The molecular formula is C19H22Cl2N5O-. The Hall–Kier alpha value is -2.02. The Morgan fingerprint density at radius 2 is 1.81 bits per heavy atom. The monoisotopic (exact) mass is 406 g/mol. The number of anilines is 1. The lowest BCUT2D eigenvalue weighted by atomic mass is 10.2. The van der Waals surface area contributed by atoms with E-state index in [9.17, 15) is 4.79 Å². The largest absolute Gasteiger partial charge is 1.00 e. The average molecular weight is 407 g/mol. The number of nitrogens with zero attached hydrogens (tertiary/aromatic N) is 5.